The van der Waals surface area contributed by atoms with Crippen LogP contribution in [0, 0.1) is 0 Å². The van der Waals surface area contributed by atoms with E-state index in [-0.39, 0.29) is 12.6 Å². The molecule has 0 saturated heterocycles. The van der Waals surface area contributed by atoms with Crippen molar-refractivity contribution in [3.05, 3.63) is 24.3 Å². The number of urea groups is 1. The van der Waals surface area contributed by atoms with Crippen LogP contribution in [0.3, 0.4) is 0 Å². The molecule has 1 aliphatic rings. The SMILES string of the molecule is NC(=S)COc1cccc(NC(=O)NC2CC2)c1. The van der Waals surface area contributed by atoms with Crippen molar-refractivity contribution in [2.24, 2.45) is 5.73 Å². The lowest BCUT2D eigenvalue weighted by atomic mass is 10.3. The van der Waals surface area contributed by atoms with E-state index in [9.17, 15) is 4.79 Å². The highest BCUT2D eigenvalue weighted by molar-refractivity contribution is 7.80. The number of rotatable bonds is 5. The number of carbonyl (C=O) groups excluding carboxylic acids is 1. The minimum Gasteiger partial charge on any atom is -0.486 e. The molecule has 0 radical (unpaired) electrons. The van der Waals surface area contributed by atoms with Crippen molar-refractivity contribution < 1.29 is 9.53 Å². The average molecular weight is 265 g/mol. The van der Waals surface area contributed by atoms with E-state index >= 15 is 0 Å². The molecular formula is C12H15N3O2S. The number of hydrogen-bond donors (Lipinski definition) is 3. The lowest BCUT2D eigenvalue weighted by molar-refractivity contribution is 0.251. The molecule has 1 fully saturated rings. The summed E-state index contributed by atoms with van der Waals surface area (Å²) >= 11 is 4.72. The Morgan fingerprint density at radius 3 is 2.94 bits per heavy atom. The zero-order chi connectivity index (χ0) is 13.0. The molecule has 2 amide bonds. The second kappa shape index (κ2) is 5.68. The minimum atomic E-state index is -0.191. The van der Waals surface area contributed by atoms with E-state index in [2.05, 4.69) is 10.6 Å². The molecule has 5 nitrogen and oxygen atoms in total. The number of ether oxygens (including phenoxy) is 1. The summed E-state index contributed by atoms with van der Waals surface area (Å²) in [5, 5.41) is 5.59. The summed E-state index contributed by atoms with van der Waals surface area (Å²) in [4.78, 5) is 11.8. The van der Waals surface area contributed by atoms with Gasteiger partial charge in [0.25, 0.3) is 0 Å². The highest BCUT2D eigenvalue weighted by atomic mass is 32.1. The minimum absolute atomic E-state index is 0.188. The van der Waals surface area contributed by atoms with E-state index in [1.165, 1.54) is 0 Å². The topological polar surface area (TPSA) is 76.4 Å². The van der Waals surface area contributed by atoms with Crippen molar-refractivity contribution in [3.8, 4) is 5.75 Å². The van der Waals surface area contributed by atoms with Crippen molar-refractivity contribution in [1.82, 2.24) is 5.32 Å². The monoisotopic (exact) mass is 265 g/mol. The first kappa shape index (κ1) is 12.6. The largest absolute Gasteiger partial charge is 0.486 e. The number of anilines is 1. The van der Waals surface area contributed by atoms with Gasteiger partial charge in [0, 0.05) is 17.8 Å². The van der Waals surface area contributed by atoms with Crippen molar-refractivity contribution >= 4 is 28.9 Å². The Kier molecular flexibility index (Phi) is 3.99. The quantitative estimate of drug-likeness (QED) is 0.707. The van der Waals surface area contributed by atoms with Gasteiger partial charge in [0.1, 0.15) is 17.3 Å². The second-order valence-electron chi connectivity index (χ2n) is 4.16. The Morgan fingerprint density at radius 2 is 2.28 bits per heavy atom. The summed E-state index contributed by atoms with van der Waals surface area (Å²) in [6.07, 6.45) is 2.12. The fourth-order valence-corrected chi connectivity index (χ4v) is 1.46. The van der Waals surface area contributed by atoms with Crippen molar-refractivity contribution in [2.45, 2.75) is 18.9 Å². The molecule has 1 aromatic rings. The summed E-state index contributed by atoms with van der Waals surface area (Å²) in [6, 6.07) is 7.23. The van der Waals surface area contributed by atoms with Crippen molar-refractivity contribution in [2.75, 3.05) is 11.9 Å². The number of hydrogen-bond acceptors (Lipinski definition) is 3. The van der Waals surface area contributed by atoms with Gasteiger partial charge < -0.3 is 21.1 Å². The molecule has 1 aliphatic carbocycles. The zero-order valence-electron chi connectivity index (χ0n) is 9.81. The predicted octanol–water partition coefficient (Wildman–Crippen LogP) is 1.64. The fourth-order valence-electron chi connectivity index (χ4n) is 1.40. The van der Waals surface area contributed by atoms with E-state index in [0.29, 0.717) is 22.5 Å². The van der Waals surface area contributed by atoms with Crippen LogP contribution < -0.4 is 21.1 Å². The first-order valence-corrected chi connectivity index (χ1v) is 6.13. The number of nitrogens with one attached hydrogen (secondary N) is 2. The number of benzene rings is 1. The van der Waals surface area contributed by atoms with Gasteiger partial charge in [-0.05, 0) is 25.0 Å². The van der Waals surface area contributed by atoms with Crippen LogP contribution in [0.25, 0.3) is 0 Å². The Labute approximate surface area is 111 Å². The van der Waals surface area contributed by atoms with Crippen molar-refractivity contribution in [3.63, 3.8) is 0 Å². The molecule has 0 spiro atoms. The van der Waals surface area contributed by atoms with Gasteiger partial charge in [-0.1, -0.05) is 18.3 Å². The molecule has 18 heavy (non-hydrogen) atoms. The Balaban J connectivity index is 1.89. The maximum Gasteiger partial charge on any atom is 0.319 e. The van der Waals surface area contributed by atoms with E-state index in [1.54, 1.807) is 24.3 Å². The average Bonchev–Trinajstić information content (AvgIpc) is 3.10. The molecule has 1 aromatic carbocycles. The van der Waals surface area contributed by atoms with Gasteiger partial charge in [0.15, 0.2) is 0 Å². The van der Waals surface area contributed by atoms with Gasteiger partial charge >= 0.3 is 6.03 Å². The number of nitrogens with two attached hydrogens (primary N) is 1. The number of carbonyl (C=O) groups is 1. The van der Waals surface area contributed by atoms with Gasteiger partial charge in [-0.3, -0.25) is 0 Å². The maximum absolute atomic E-state index is 11.5. The molecule has 96 valence electrons. The first-order valence-electron chi connectivity index (χ1n) is 5.72. The second-order valence-corrected chi connectivity index (χ2v) is 4.68. The number of thiocarbonyl (C=S) groups is 1. The zero-order valence-corrected chi connectivity index (χ0v) is 10.6. The Hall–Kier alpha value is -1.82. The summed E-state index contributed by atoms with van der Waals surface area (Å²) in [7, 11) is 0. The smallest absolute Gasteiger partial charge is 0.319 e. The molecule has 0 atom stereocenters. The van der Waals surface area contributed by atoms with Crippen LogP contribution in [0.5, 0.6) is 5.75 Å². The highest BCUT2D eigenvalue weighted by Crippen LogP contribution is 2.20. The lowest BCUT2D eigenvalue weighted by Crippen LogP contribution is -2.30. The van der Waals surface area contributed by atoms with E-state index in [4.69, 9.17) is 22.7 Å². The molecule has 4 N–H and O–H groups in total. The molecule has 1 saturated carbocycles. The molecule has 0 unspecified atom stereocenters. The van der Waals surface area contributed by atoms with Gasteiger partial charge in [0.2, 0.25) is 0 Å². The predicted molar refractivity (Wildman–Crippen MR) is 73.9 cm³/mol. The summed E-state index contributed by atoms with van der Waals surface area (Å²) in [6.45, 7) is 0.188. The molecule has 0 bridgehead atoms. The van der Waals surface area contributed by atoms with Crippen LogP contribution in [0.4, 0.5) is 10.5 Å². The van der Waals surface area contributed by atoms with Gasteiger partial charge in [0.05, 0.1) is 0 Å². The first-order chi connectivity index (χ1) is 8.63. The van der Waals surface area contributed by atoms with Crippen LogP contribution in [-0.2, 0) is 0 Å². The molecule has 6 heteroatoms. The highest BCUT2D eigenvalue weighted by Gasteiger charge is 2.23. The third-order valence-electron chi connectivity index (χ3n) is 2.39. The van der Waals surface area contributed by atoms with Gasteiger partial charge in [-0.2, -0.15) is 0 Å². The third-order valence-corrected chi connectivity index (χ3v) is 2.50. The lowest BCUT2D eigenvalue weighted by Gasteiger charge is -2.09. The van der Waals surface area contributed by atoms with Crippen LogP contribution in [0.15, 0.2) is 24.3 Å². The maximum atomic E-state index is 11.5. The molecule has 2 rings (SSSR count). The van der Waals surface area contributed by atoms with Crippen LogP contribution in [-0.4, -0.2) is 23.7 Å². The van der Waals surface area contributed by atoms with E-state index in [1.807, 2.05) is 0 Å². The van der Waals surface area contributed by atoms with Crippen LogP contribution in [0.1, 0.15) is 12.8 Å². The Morgan fingerprint density at radius 1 is 1.50 bits per heavy atom. The van der Waals surface area contributed by atoms with Gasteiger partial charge in [-0.25, -0.2) is 4.79 Å². The van der Waals surface area contributed by atoms with E-state index < -0.39 is 0 Å². The summed E-state index contributed by atoms with van der Waals surface area (Å²) < 4.78 is 5.35. The van der Waals surface area contributed by atoms with E-state index in [0.717, 1.165) is 12.8 Å². The summed E-state index contributed by atoms with van der Waals surface area (Å²) in [5.41, 5.74) is 6.02. The summed E-state index contributed by atoms with van der Waals surface area (Å²) in [5.74, 6) is 0.618. The van der Waals surface area contributed by atoms with Gasteiger partial charge in [-0.15, -0.1) is 0 Å². The fraction of sp³-hybridized carbons (Fsp3) is 0.333. The molecule has 0 aliphatic heterocycles. The third kappa shape index (κ3) is 4.21. The molecular weight excluding hydrogens is 250 g/mol. The molecule has 0 aromatic heterocycles. The Bertz CT molecular complexity index is 460. The van der Waals surface area contributed by atoms with Crippen LogP contribution >= 0.6 is 12.2 Å². The van der Waals surface area contributed by atoms with Crippen molar-refractivity contribution in [1.29, 1.82) is 0 Å². The molecule has 0 heterocycles. The standard InChI is InChI=1S/C12H15N3O2S/c13-11(18)7-17-10-3-1-2-9(6-10)15-12(16)14-8-4-5-8/h1-3,6,8H,4-5,7H2,(H2,13,18)(H2,14,15,16). The normalized spacial score (nSPS) is 13.8. The van der Waals surface area contributed by atoms with Crippen LogP contribution in [0.2, 0.25) is 0 Å². The number of amides is 2.